The summed E-state index contributed by atoms with van der Waals surface area (Å²) >= 11 is -1.44. The molecule has 0 atom stereocenters. The summed E-state index contributed by atoms with van der Waals surface area (Å²) in [4.78, 5) is 57.2. The molecule has 0 spiro atoms. The molecule has 0 aliphatic heterocycles. The fraction of sp³-hybridized carbons (Fsp3) is 0.233. The number of aryl methyl sites for hydroxylation is 4. The molecule has 0 amide bonds. The normalized spacial score (nSPS) is 9.16. The Morgan fingerprint density at radius 1 is 0.707 bits per heavy atom. The third-order valence-electron chi connectivity index (χ3n) is 5.81. The number of aliphatic hydroxyl groups excluding tert-OH is 1. The molecule has 4 aromatic heterocycles. The first kappa shape index (κ1) is 55.7. The summed E-state index contributed by atoms with van der Waals surface area (Å²) in [6.07, 6.45) is 19.2. The molecule has 0 radical (unpaired) electrons. The van der Waals surface area contributed by atoms with Crippen LogP contribution < -0.4 is 0 Å². The van der Waals surface area contributed by atoms with Gasteiger partial charge in [0.1, 0.15) is 6.29 Å². The Morgan fingerprint density at radius 3 is 1.36 bits per heavy atom. The molecule has 0 saturated heterocycles. The standard InChI is InChI=1S/C11H13NO2.C9H11NO.C9H9NO.C7H7NO.C5H8O2.C2H3N.Mn.2O/c1-3-14-11(13)7-6-10-5-4-9(2)12-8-10;2*1-8-4-5-9(7-10-8)3-2-6-11;1-6-2-3-7(5-9)4-8-6;1-3-5(6)7-4-2;1-2-3;;;/h4-8H,3H2,1-2H3;2-5,7,11H,6H2,1H3;2-7H,1H3;2-5H,1H3;3H,1,4H2,2H3;1H3;;;/b7-6+;2*3-2+;;;;;;. The molecule has 0 unspecified atom stereocenters. The van der Waals surface area contributed by atoms with E-state index in [0.29, 0.717) is 18.8 Å². The van der Waals surface area contributed by atoms with Gasteiger partial charge in [0.15, 0.2) is 6.29 Å². The fourth-order valence-corrected chi connectivity index (χ4v) is 3.18. The first-order valence-electron chi connectivity index (χ1n) is 17.2. The zero-order valence-corrected chi connectivity index (χ0v) is 35.0. The number of pyridine rings is 4. The molecule has 4 heterocycles. The fourth-order valence-electron chi connectivity index (χ4n) is 3.18. The van der Waals surface area contributed by atoms with Crippen LogP contribution in [0.5, 0.6) is 0 Å². The summed E-state index contributed by atoms with van der Waals surface area (Å²) in [5.41, 5.74) is 7.36. The van der Waals surface area contributed by atoms with Crippen molar-refractivity contribution in [2.45, 2.75) is 48.5 Å². The summed E-state index contributed by atoms with van der Waals surface area (Å²) in [6, 6.07) is 16.8. The van der Waals surface area contributed by atoms with E-state index in [1.165, 1.54) is 19.1 Å². The molecule has 4 rings (SSSR count). The molecule has 14 nitrogen and oxygen atoms in total. The van der Waals surface area contributed by atoms with Crippen LogP contribution in [0, 0.1) is 39.0 Å². The predicted octanol–water partition coefficient (Wildman–Crippen LogP) is 7.19. The first-order valence-corrected chi connectivity index (χ1v) is 18.2. The maximum absolute atomic E-state index is 11.0. The molecule has 0 aromatic carbocycles. The number of ether oxygens (including phenoxy) is 2. The van der Waals surface area contributed by atoms with E-state index in [0.717, 1.165) is 58.1 Å². The Labute approximate surface area is 346 Å². The number of esters is 2. The van der Waals surface area contributed by atoms with Gasteiger partial charge in [0, 0.05) is 72.2 Å². The second kappa shape index (κ2) is 40.1. The molecule has 4 aromatic rings. The van der Waals surface area contributed by atoms with Crippen LogP contribution in [-0.2, 0) is 46.3 Å². The summed E-state index contributed by atoms with van der Waals surface area (Å²) in [5, 5.41) is 15.8. The van der Waals surface area contributed by atoms with Crippen LogP contribution >= 0.6 is 0 Å². The minimum atomic E-state index is -1.44. The number of rotatable bonds is 10. The Morgan fingerprint density at radius 2 is 1.07 bits per heavy atom. The Balaban J connectivity index is -0.000000638. The summed E-state index contributed by atoms with van der Waals surface area (Å²) in [6.45, 7) is 16.7. The molecule has 0 aliphatic carbocycles. The van der Waals surface area contributed by atoms with E-state index in [9.17, 15) is 19.2 Å². The average Bonchev–Trinajstić information content (AvgIpc) is 3.22. The summed E-state index contributed by atoms with van der Waals surface area (Å²) in [5.74, 6) is -0.685. The molecule has 0 fully saturated rings. The van der Waals surface area contributed by atoms with Crippen molar-refractivity contribution in [1.82, 2.24) is 19.9 Å². The van der Waals surface area contributed by atoms with Crippen molar-refractivity contribution in [3.05, 3.63) is 149 Å². The zero-order valence-electron chi connectivity index (χ0n) is 33.8. The van der Waals surface area contributed by atoms with Gasteiger partial charge >= 0.3 is 34.4 Å². The number of nitrogens with zero attached hydrogens (tertiary/aromatic N) is 5. The topological polar surface area (TPSA) is 216 Å². The van der Waals surface area contributed by atoms with Crippen LogP contribution in [-0.4, -0.2) is 69.4 Å². The van der Waals surface area contributed by atoms with Crippen molar-refractivity contribution in [1.29, 1.82) is 5.26 Å². The van der Waals surface area contributed by atoms with E-state index < -0.39 is 14.8 Å². The van der Waals surface area contributed by atoms with Crippen molar-refractivity contribution >= 4 is 42.7 Å². The number of aldehydes is 2. The van der Waals surface area contributed by atoms with Crippen LogP contribution in [0.25, 0.3) is 18.2 Å². The van der Waals surface area contributed by atoms with Gasteiger partial charge in [-0.1, -0.05) is 43.0 Å². The van der Waals surface area contributed by atoms with Crippen LogP contribution in [0.4, 0.5) is 0 Å². The van der Waals surface area contributed by atoms with E-state index in [1.807, 2.05) is 76.2 Å². The van der Waals surface area contributed by atoms with Gasteiger partial charge in [-0.3, -0.25) is 29.5 Å². The SMILES string of the molecule is C=CC(=O)OCC.CC#N.CCOC(=O)/C=C/c1ccc(C)nc1.Cc1ccc(/C=C/C=O)cn1.Cc1ccc(/C=C/CO)cn1.Cc1ccc(C=O)cn1.[O]=[Mn]=[O]. The van der Waals surface area contributed by atoms with Gasteiger partial charge in [0.25, 0.3) is 0 Å². The number of allylic oxidation sites excluding steroid dienone is 1. The second-order valence-electron chi connectivity index (χ2n) is 10.5. The molecular formula is C43H51MnN5O9. The number of carbonyl (C=O) groups is 4. The van der Waals surface area contributed by atoms with Crippen molar-refractivity contribution in [3.63, 3.8) is 0 Å². The third kappa shape index (κ3) is 36.4. The van der Waals surface area contributed by atoms with Gasteiger partial charge < -0.3 is 14.6 Å². The van der Waals surface area contributed by atoms with Crippen LogP contribution in [0.2, 0.25) is 0 Å². The Kier molecular flexibility index (Phi) is 38.5. The molecule has 58 heavy (non-hydrogen) atoms. The average molecular weight is 837 g/mol. The third-order valence-corrected chi connectivity index (χ3v) is 5.81. The van der Waals surface area contributed by atoms with E-state index in [1.54, 1.807) is 69.0 Å². The quantitative estimate of drug-likeness (QED) is 0.0724. The van der Waals surface area contributed by atoms with E-state index >= 15 is 0 Å². The molecule has 0 saturated carbocycles. The van der Waals surface area contributed by atoms with Crippen LogP contribution in [0.15, 0.2) is 104 Å². The van der Waals surface area contributed by atoms with Crippen LogP contribution in [0.3, 0.4) is 0 Å². The second-order valence-corrected chi connectivity index (χ2v) is 10.7. The zero-order chi connectivity index (χ0) is 44.4. The van der Waals surface area contributed by atoms with E-state index in [2.05, 4.69) is 31.3 Å². The van der Waals surface area contributed by atoms with Gasteiger partial charge in [-0.15, -0.1) is 0 Å². The van der Waals surface area contributed by atoms with Crippen molar-refractivity contribution in [3.8, 4) is 6.07 Å². The number of hydrogen-bond donors (Lipinski definition) is 1. The van der Waals surface area contributed by atoms with Gasteiger partial charge in [-0.2, -0.15) is 5.26 Å². The minimum absolute atomic E-state index is 0.0773. The van der Waals surface area contributed by atoms with Gasteiger partial charge in [0.2, 0.25) is 0 Å². The molecule has 309 valence electrons. The maximum atomic E-state index is 11.0. The number of aromatic nitrogens is 4. The van der Waals surface area contributed by atoms with E-state index in [4.69, 9.17) is 22.8 Å². The number of aliphatic hydroxyl groups is 1. The molecule has 0 aliphatic rings. The first-order chi connectivity index (χ1) is 27.8. The van der Waals surface area contributed by atoms with Crippen molar-refractivity contribution in [2.75, 3.05) is 19.8 Å². The van der Waals surface area contributed by atoms with Crippen LogP contribution in [0.1, 0.15) is 70.6 Å². The van der Waals surface area contributed by atoms with E-state index in [-0.39, 0.29) is 18.5 Å². The number of hydrogen-bond acceptors (Lipinski definition) is 14. The molecule has 1 N–H and O–H groups in total. The van der Waals surface area contributed by atoms with Crippen molar-refractivity contribution < 1.29 is 56.2 Å². The summed E-state index contributed by atoms with van der Waals surface area (Å²) < 4.78 is 26.0. The molecular weight excluding hydrogens is 785 g/mol. The van der Waals surface area contributed by atoms with Crippen molar-refractivity contribution in [2.24, 2.45) is 0 Å². The Hall–Kier alpha value is -6.59. The number of nitriles is 1. The Bertz CT molecular complexity index is 1880. The predicted molar refractivity (Wildman–Crippen MR) is 218 cm³/mol. The summed E-state index contributed by atoms with van der Waals surface area (Å²) in [7, 11) is 0. The van der Waals surface area contributed by atoms with Gasteiger partial charge in [0.05, 0.1) is 25.9 Å². The monoisotopic (exact) mass is 836 g/mol. The van der Waals surface area contributed by atoms with Gasteiger partial charge in [-0.05, 0) is 101 Å². The molecule has 15 heteroatoms. The van der Waals surface area contributed by atoms with Gasteiger partial charge in [-0.25, -0.2) is 9.59 Å². The number of carbonyl (C=O) groups excluding carboxylic acids is 4. The molecule has 0 bridgehead atoms.